The molecule has 2 N–H and O–H groups in total. The summed E-state index contributed by atoms with van der Waals surface area (Å²) in [5, 5.41) is 12.5. The van der Waals surface area contributed by atoms with Gasteiger partial charge >= 0.3 is 0 Å². The summed E-state index contributed by atoms with van der Waals surface area (Å²) in [7, 11) is 1.89. The van der Waals surface area contributed by atoms with Gasteiger partial charge in [-0.3, -0.25) is 0 Å². The minimum atomic E-state index is -0.104. The zero-order chi connectivity index (χ0) is 7.40. The molecule has 0 radical (unpaired) electrons. The average molecular weight is 143 g/mol. The summed E-state index contributed by atoms with van der Waals surface area (Å²) in [4.78, 5) is 0. The van der Waals surface area contributed by atoms with Crippen LogP contribution in [0.2, 0.25) is 0 Å². The smallest absolute Gasteiger partial charge is 0.0692 e. The molecule has 0 amide bonds. The first-order chi connectivity index (χ1) is 4.84. The Labute approximate surface area is 62.6 Å². The van der Waals surface area contributed by atoms with Gasteiger partial charge in [-0.2, -0.15) is 0 Å². The average Bonchev–Trinajstić information content (AvgIpc) is 2.38. The van der Waals surface area contributed by atoms with Crippen LogP contribution in [-0.2, 0) is 0 Å². The second-order valence-electron chi connectivity index (χ2n) is 3.17. The van der Waals surface area contributed by atoms with Crippen LogP contribution in [0.4, 0.5) is 0 Å². The molecule has 0 spiro atoms. The SMILES string of the molecule is CNCC(O)C1CCCC1. The molecular formula is C8H17NO. The van der Waals surface area contributed by atoms with E-state index in [2.05, 4.69) is 5.32 Å². The summed E-state index contributed by atoms with van der Waals surface area (Å²) in [6, 6.07) is 0. The third-order valence-electron chi connectivity index (χ3n) is 2.36. The van der Waals surface area contributed by atoms with Crippen LogP contribution in [0.25, 0.3) is 0 Å². The normalized spacial score (nSPS) is 23.4. The lowest BCUT2D eigenvalue weighted by atomic mass is 10.0. The van der Waals surface area contributed by atoms with Gasteiger partial charge in [0.2, 0.25) is 0 Å². The highest BCUT2D eigenvalue weighted by molar-refractivity contribution is 4.75. The van der Waals surface area contributed by atoms with Crippen molar-refractivity contribution in [1.82, 2.24) is 5.32 Å². The summed E-state index contributed by atoms with van der Waals surface area (Å²) >= 11 is 0. The molecule has 10 heavy (non-hydrogen) atoms. The number of likely N-dealkylation sites (N-methyl/N-ethyl adjacent to an activating group) is 1. The Morgan fingerprint density at radius 2 is 2.10 bits per heavy atom. The first kappa shape index (κ1) is 8.02. The molecular weight excluding hydrogens is 126 g/mol. The van der Waals surface area contributed by atoms with Gasteiger partial charge in [0.05, 0.1) is 6.10 Å². The van der Waals surface area contributed by atoms with Crippen molar-refractivity contribution in [2.45, 2.75) is 31.8 Å². The van der Waals surface area contributed by atoms with Crippen molar-refractivity contribution in [3.63, 3.8) is 0 Å². The Bertz CT molecular complexity index is 89.3. The predicted octanol–water partition coefficient (Wildman–Crippen LogP) is 0.757. The summed E-state index contributed by atoms with van der Waals surface area (Å²) in [5.74, 6) is 0.576. The Balaban J connectivity index is 2.18. The van der Waals surface area contributed by atoms with E-state index < -0.39 is 0 Å². The Morgan fingerprint density at radius 1 is 1.50 bits per heavy atom. The molecule has 0 bridgehead atoms. The molecule has 0 aliphatic heterocycles. The molecule has 1 aliphatic carbocycles. The molecule has 2 heteroatoms. The van der Waals surface area contributed by atoms with E-state index in [0.29, 0.717) is 5.92 Å². The maximum absolute atomic E-state index is 9.49. The molecule has 60 valence electrons. The fraction of sp³-hybridized carbons (Fsp3) is 1.00. The maximum Gasteiger partial charge on any atom is 0.0692 e. The van der Waals surface area contributed by atoms with Crippen molar-refractivity contribution in [2.24, 2.45) is 5.92 Å². The lowest BCUT2D eigenvalue weighted by Gasteiger charge is -2.16. The molecule has 1 saturated carbocycles. The largest absolute Gasteiger partial charge is 0.392 e. The van der Waals surface area contributed by atoms with E-state index in [1.54, 1.807) is 0 Å². The molecule has 2 nitrogen and oxygen atoms in total. The number of nitrogens with one attached hydrogen (secondary N) is 1. The summed E-state index contributed by atoms with van der Waals surface area (Å²) < 4.78 is 0. The topological polar surface area (TPSA) is 32.3 Å². The van der Waals surface area contributed by atoms with Gasteiger partial charge in [-0.25, -0.2) is 0 Å². The van der Waals surface area contributed by atoms with Crippen molar-refractivity contribution in [3.05, 3.63) is 0 Å². The van der Waals surface area contributed by atoms with Crippen LogP contribution >= 0.6 is 0 Å². The van der Waals surface area contributed by atoms with E-state index in [1.807, 2.05) is 7.05 Å². The van der Waals surface area contributed by atoms with Gasteiger partial charge in [-0.15, -0.1) is 0 Å². The summed E-state index contributed by atoms with van der Waals surface area (Å²) in [6.07, 6.45) is 4.97. The van der Waals surface area contributed by atoms with E-state index in [4.69, 9.17) is 0 Å². The van der Waals surface area contributed by atoms with Gasteiger partial charge in [0, 0.05) is 6.54 Å². The quantitative estimate of drug-likeness (QED) is 0.611. The van der Waals surface area contributed by atoms with Crippen molar-refractivity contribution in [1.29, 1.82) is 0 Å². The minimum absolute atomic E-state index is 0.104. The van der Waals surface area contributed by atoms with E-state index in [1.165, 1.54) is 25.7 Å². The number of rotatable bonds is 3. The molecule has 0 aromatic rings. The molecule has 0 aromatic carbocycles. The number of aliphatic hydroxyl groups excluding tert-OH is 1. The third-order valence-corrected chi connectivity index (χ3v) is 2.36. The van der Waals surface area contributed by atoms with Gasteiger partial charge < -0.3 is 10.4 Å². The van der Waals surface area contributed by atoms with Gasteiger partial charge in [0.25, 0.3) is 0 Å². The monoisotopic (exact) mass is 143 g/mol. The van der Waals surface area contributed by atoms with Crippen LogP contribution in [0.3, 0.4) is 0 Å². The van der Waals surface area contributed by atoms with E-state index in [0.717, 1.165) is 6.54 Å². The van der Waals surface area contributed by atoms with Crippen molar-refractivity contribution in [3.8, 4) is 0 Å². The Hall–Kier alpha value is -0.0800. The Morgan fingerprint density at radius 3 is 2.60 bits per heavy atom. The van der Waals surface area contributed by atoms with Crippen LogP contribution in [0.15, 0.2) is 0 Å². The molecule has 0 heterocycles. The fourth-order valence-electron chi connectivity index (χ4n) is 1.72. The highest BCUT2D eigenvalue weighted by Crippen LogP contribution is 2.27. The van der Waals surface area contributed by atoms with E-state index >= 15 is 0 Å². The van der Waals surface area contributed by atoms with Crippen LogP contribution in [-0.4, -0.2) is 24.8 Å². The molecule has 0 saturated heterocycles. The van der Waals surface area contributed by atoms with Gasteiger partial charge in [-0.05, 0) is 25.8 Å². The molecule has 1 rings (SSSR count). The van der Waals surface area contributed by atoms with E-state index in [9.17, 15) is 5.11 Å². The molecule has 1 fully saturated rings. The molecule has 1 unspecified atom stereocenters. The summed E-state index contributed by atoms with van der Waals surface area (Å²) in [5.41, 5.74) is 0. The third kappa shape index (κ3) is 1.96. The first-order valence-corrected chi connectivity index (χ1v) is 4.17. The van der Waals surface area contributed by atoms with Gasteiger partial charge in [-0.1, -0.05) is 12.8 Å². The molecule has 0 aromatic heterocycles. The zero-order valence-electron chi connectivity index (χ0n) is 6.64. The minimum Gasteiger partial charge on any atom is -0.392 e. The molecule has 1 atom stereocenters. The van der Waals surface area contributed by atoms with Crippen molar-refractivity contribution < 1.29 is 5.11 Å². The number of hydrogen-bond acceptors (Lipinski definition) is 2. The van der Waals surface area contributed by atoms with Gasteiger partial charge in [0.15, 0.2) is 0 Å². The highest BCUT2D eigenvalue weighted by Gasteiger charge is 2.21. The molecule has 1 aliphatic rings. The van der Waals surface area contributed by atoms with Crippen molar-refractivity contribution >= 4 is 0 Å². The van der Waals surface area contributed by atoms with Crippen LogP contribution < -0.4 is 5.32 Å². The number of hydrogen-bond donors (Lipinski definition) is 2. The van der Waals surface area contributed by atoms with Gasteiger partial charge in [0.1, 0.15) is 0 Å². The van der Waals surface area contributed by atoms with Crippen molar-refractivity contribution in [2.75, 3.05) is 13.6 Å². The number of aliphatic hydroxyl groups is 1. The second kappa shape index (κ2) is 3.94. The predicted molar refractivity (Wildman–Crippen MR) is 41.9 cm³/mol. The first-order valence-electron chi connectivity index (χ1n) is 4.17. The Kier molecular flexibility index (Phi) is 3.16. The standard InChI is InChI=1S/C8H17NO/c1-9-6-8(10)7-4-2-3-5-7/h7-10H,2-6H2,1H3. The van der Waals surface area contributed by atoms with Crippen LogP contribution in [0.5, 0.6) is 0 Å². The fourth-order valence-corrected chi connectivity index (χ4v) is 1.72. The van der Waals surface area contributed by atoms with Crippen LogP contribution in [0.1, 0.15) is 25.7 Å². The van der Waals surface area contributed by atoms with Crippen LogP contribution in [0, 0.1) is 5.92 Å². The lowest BCUT2D eigenvalue weighted by molar-refractivity contribution is 0.111. The lowest BCUT2D eigenvalue weighted by Crippen LogP contribution is -2.29. The summed E-state index contributed by atoms with van der Waals surface area (Å²) in [6.45, 7) is 0.755. The highest BCUT2D eigenvalue weighted by atomic mass is 16.3. The maximum atomic E-state index is 9.49. The zero-order valence-corrected chi connectivity index (χ0v) is 6.64. The second-order valence-corrected chi connectivity index (χ2v) is 3.17. The van der Waals surface area contributed by atoms with E-state index in [-0.39, 0.29) is 6.10 Å².